The van der Waals surface area contributed by atoms with Crippen molar-refractivity contribution in [3.8, 4) is 11.5 Å². The predicted molar refractivity (Wildman–Crippen MR) is 63.6 cm³/mol. The minimum absolute atomic E-state index is 0.133. The number of phenolic OH excluding ortho intramolecular Hbond substituents is 1. The lowest BCUT2D eigenvalue weighted by atomic mass is 10.2. The zero-order valence-electron chi connectivity index (χ0n) is 8.62. The van der Waals surface area contributed by atoms with Gasteiger partial charge in [-0.25, -0.2) is 0 Å². The highest BCUT2D eigenvalue weighted by Gasteiger charge is 2.15. The normalized spacial score (nSPS) is 14.7. The van der Waals surface area contributed by atoms with Crippen LogP contribution in [0.25, 0.3) is 0 Å². The van der Waals surface area contributed by atoms with E-state index < -0.39 is 0 Å². The van der Waals surface area contributed by atoms with Crippen LogP contribution in [0.1, 0.15) is 0 Å². The van der Waals surface area contributed by atoms with Gasteiger partial charge in [-0.15, -0.1) is 0 Å². The Balaban J connectivity index is 2.01. The summed E-state index contributed by atoms with van der Waals surface area (Å²) in [6, 6.07) is 6.07. The molecule has 0 saturated heterocycles. The van der Waals surface area contributed by atoms with Gasteiger partial charge in [-0.3, -0.25) is 9.59 Å². The third kappa shape index (κ3) is 2.98. The number of rotatable bonds is 3. The maximum Gasteiger partial charge on any atom is 0.195 e. The molecule has 1 aliphatic rings. The Hall–Kier alpha value is -2.01. The van der Waals surface area contributed by atoms with Crippen LogP contribution in [0, 0.1) is 0 Å². The zero-order chi connectivity index (χ0) is 12.3. The highest BCUT2D eigenvalue weighted by atomic mass is 32.2. The topological polar surface area (TPSA) is 63.6 Å². The summed E-state index contributed by atoms with van der Waals surface area (Å²) in [5.41, 5.74) is 0. The van der Waals surface area contributed by atoms with Crippen molar-refractivity contribution >= 4 is 23.6 Å². The number of carbonyl (C=O) groups is 2. The summed E-state index contributed by atoms with van der Waals surface area (Å²) < 4.78 is 5.25. The van der Waals surface area contributed by atoms with Crippen molar-refractivity contribution in [1.82, 2.24) is 0 Å². The van der Waals surface area contributed by atoms with Crippen molar-refractivity contribution in [3.05, 3.63) is 47.4 Å². The molecule has 0 bridgehead atoms. The summed E-state index contributed by atoms with van der Waals surface area (Å²) in [5.74, 6) is 0.131. The van der Waals surface area contributed by atoms with E-state index in [4.69, 9.17) is 9.29 Å². The molecule has 4 nitrogen and oxygen atoms in total. The van der Waals surface area contributed by atoms with Crippen LogP contribution in [0.3, 0.4) is 0 Å². The van der Waals surface area contributed by atoms with Gasteiger partial charge in [-0.1, -0.05) is 0 Å². The Morgan fingerprint density at radius 1 is 1.06 bits per heavy atom. The molecule has 2 rings (SSSR count). The Morgan fingerprint density at radius 2 is 1.76 bits per heavy atom. The number of hydrogen-bond acceptors (Lipinski definition) is 5. The van der Waals surface area contributed by atoms with Gasteiger partial charge in [0.15, 0.2) is 11.6 Å². The third-order valence-electron chi connectivity index (χ3n) is 1.98. The van der Waals surface area contributed by atoms with Crippen molar-refractivity contribution in [1.29, 1.82) is 0 Å². The summed E-state index contributed by atoms with van der Waals surface area (Å²) in [5, 5.41) is 9.07. The van der Waals surface area contributed by atoms with Crippen molar-refractivity contribution in [2.24, 2.45) is 0 Å². The lowest BCUT2D eigenvalue weighted by molar-refractivity contribution is -0.114. The molecule has 1 aliphatic carbocycles. The smallest absolute Gasteiger partial charge is 0.195 e. The monoisotopic (exact) mass is 248 g/mol. The molecule has 0 unspecified atom stereocenters. The largest absolute Gasteiger partial charge is 0.508 e. The molecule has 0 spiro atoms. The molecule has 0 fully saturated rings. The third-order valence-corrected chi connectivity index (χ3v) is 2.75. The van der Waals surface area contributed by atoms with Crippen LogP contribution in [0.4, 0.5) is 0 Å². The quantitative estimate of drug-likeness (QED) is 0.654. The highest BCUT2D eigenvalue weighted by Crippen LogP contribution is 2.26. The molecule has 5 heteroatoms. The summed E-state index contributed by atoms with van der Waals surface area (Å²) in [7, 11) is 0. The van der Waals surface area contributed by atoms with Gasteiger partial charge in [-0.05, 0) is 36.4 Å². The number of allylic oxidation sites excluding steroid dienone is 4. The van der Waals surface area contributed by atoms with E-state index in [2.05, 4.69) is 0 Å². The minimum atomic E-state index is -0.256. The van der Waals surface area contributed by atoms with E-state index in [9.17, 15) is 9.59 Å². The van der Waals surface area contributed by atoms with Crippen LogP contribution in [-0.2, 0) is 9.59 Å². The molecule has 1 N–H and O–H groups in total. The SMILES string of the molecule is O=C1C=CC(=O)C(SOc2ccc(O)cc2)=C1. The molecule has 1 aromatic rings. The molecule has 1 aromatic carbocycles. The molecule has 0 radical (unpaired) electrons. The van der Waals surface area contributed by atoms with E-state index in [0.29, 0.717) is 5.75 Å². The fourth-order valence-electron chi connectivity index (χ4n) is 1.15. The van der Waals surface area contributed by atoms with E-state index in [0.717, 1.165) is 12.0 Å². The summed E-state index contributed by atoms with van der Waals surface area (Å²) in [6.45, 7) is 0. The van der Waals surface area contributed by atoms with Gasteiger partial charge < -0.3 is 9.29 Å². The van der Waals surface area contributed by atoms with E-state index in [1.807, 2.05) is 0 Å². The molecule has 86 valence electrons. The fraction of sp³-hybridized carbons (Fsp3) is 0. The van der Waals surface area contributed by atoms with E-state index in [1.165, 1.54) is 30.4 Å². The molecular formula is C12H8O4S. The Kier molecular flexibility index (Phi) is 3.30. The van der Waals surface area contributed by atoms with Crippen molar-refractivity contribution in [3.63, 3.8) is 0 Å². The standard InChI is InChI=1S/C12H8O4S/c13-8-1-4-10(5-2-8)16-17-12-7-9(14)3-6-11(12)15/h1-7,13H. The lowest BCUT2D eigenvalue weighted by Crippen LogP contribution is -2.05. The lowest BCUT2D eigenvalue weighted by Gasteiger charge is -2.06. The first kappa shape index (κ1) is 11.5. The number of aromatic hydroxyl groups is 1. The van der Waals surface area contributed by atoms with E-state index in [-0.39, 0.29) is 22.2 Å². The first-order valence-corrected chi connectivity index (χ1v) is 5.51. The van der Waals surface area contributed by atoms with Gasteiger partial charge in [-0.2, -0.15) is 0 Å². The molecular weight excluding hydrogens is 240 g/mol. The molecule has 0 aromatic heterocycles. The van der Waals surface area contributed by atoms with Crippen molar-refractivity contribution in [2.75, 3.05) is 0 Å². The average Bonchev–Trinajstić information content (AvgIpc) is 2.32. The van der Waals surface area contributed by atoms with Crippen LogP contribution in [0.5, 0.6) is 11.5 Å². The molecule has 0 heterocycles. The van der Waals surface area contributed by atoms with E-state index >= 15 is 0 Å². The highest BCUT2D eigenvalue weighted by molar-refractivity contribution is 8.00. The number of phenols is 1. The summed E-state index contributed by atoms with van der Waals surface area (Å²) in [6.07, 6.45) is 3.66. The van der Waals surface area contributed by atoms with Gasteiger partial charge in [0.2, 0.25) is 0 Å². The second-order valence-corrected chi connectivity index (χ2v) is 4.04. The first-order chi connectivity index (χ1) is 8.15. The predicted octanol–water partition coefficient (Wildman–Crippen LogP) is 2.01. The maximum absolute atomic E-state index is 11.4. The number of hydrogen-bond donors (Lipinski definition) is 1. The summed E-state index contributed by atoms with van der Waals surface area (Å²) >= 11 is 0.826. The molecule has 0 amide bonds. The van der Waals surface area contributed by atoms with Gasteiger partial charge in [0.1, 0.15) is 11.5 Å². The second kappa shape index (κ2) is 4.88. The summed E-state index contributed by atoms with van der Waals surface area (Å²) in [4.78, 5) is 22.7. The Labute approximate surface area is 102 Å². The molecule has 0 saturated carbocycles. The van der Waals surface area contributed by atoms with E-state index in [1.54, 1.807) is 12.1 Å². The maximum atomic E-state index is 11.4. The van der Waals surface area contributed by atoms with Crippen LogP contribution in [-0.4, -0.2) is 16.7 Å². The van der Waals surface area contributed by atoms with Crippen molar-refractivity contribution in [2.45, 2.75) is 0 Å². The Morgan fingerprint density at radius 3 is 2.47 bits per heavy atom. The van der Waals surface area contributed by atoms with Gasteiger partial charge in [0.25, 0.3) is 0 Å². The fourth-order valence-corrected chi connectivity index (χ4v) is 1.76. The zero-order valence-corrected chi connectivity index (χ0v) is 9.44. The Bertz CT molecular complexity index is 514. The van der Waals surface area contributed by atoms with Gasteiger partial charge >= 0.3 is 0 Å². The molecule has 0 atom stereocenters. The van der Waals surface area contributed by atoms with Crippen LogP contribution in [0.2, 0.25) is 0 Å². The second-order valence-electron chi connectivity index (χ2n) is 3.27. The first-order valence-electron chi connectivity index (χ1n) is 4.77. The number of carbonyl (C=O) groups excluding carboxylic acids is 2. The van der Waals surface area contributed by atoms with Crippen LogP contribution < -0.4 is 4.18 Å². The van der Waals surface area contributed by atoms with Crippen molar-refractivity contribution < 1.29 is 18.9 Å². The molecule has 17 heavy (non-hydrogen) atoms. The molecule has 0 aliphatic heterocycles. The average molecular weight is 248 g/mol. The van der Waals surface area contributed by atoms with Gasteiger partial charge in [0, 0.05) is 6.08 Å². The number of benzene rings is 1. The number of ketones is 2. The van der Waals surface area contributed by atoms with Crippen LogP contribution >= 0.6 is 12.0 Å². The van der Waals surface area contributed by atoms with Crippen LogP contribution in [0.15, 0.2) is 47.4 Å². The minimum Gasteiger partial charge on any atom is -0.508 e. The van der Waals surface area contributed by atoms with Gasteiger partial charge in [0.05, 0.1) is 16.9 Å².